The predicted molar refractivity (Wildman–Crippen MR) is 86.9 cm³/mol. The Balaban J connectivity index is 1.92. The molecule has 1 aliphatic rings. The van der Waals surface area contributed by atoms with E-state index in [1.54, 1.807) is 30.2 Å². The minimum Gasteiger partial charge on any atom is -0.496 e. The Morgan fingerprint density at radius 3 is 2.81 bits per heavy atom. The summed E-state index contributed by atoms with van der Waals surface area (Å²) in [6, 6.07) is 11.0. The summed E-state index contributed by atoms with van der Waals surface area (Å²) in [5.74, 6) is 0.697. The topological polar surface area (TPSA) is 55.6 Å². The number of benzene rings is 2. The van der Waals surface area contributed by atoms with Gasteiger partial charge in [-0.3, -0.25) is 4.79 Å². The summed E-state index contributed by atoms with van der Waals surface area (Å²) < 4.78 is 5.96. The van der Waals surface area contributed by atoms with Crippen molar-refractivity contribution in [1.29, 1.82) is 0 Å². The Hall–Kier alpha value is -2.01. The highest BCUT2D eigenvalue weighted by molar-refractivity contribution is 9.10. The molecule has 0 aromatic heterocycles. The Kier molecular flexibility index (Phi) is 3.59. The summed E-state index contributed by atoms with van der Waals surface area (Å²) in [7, 11) is 1.60. The first-order valence-electron chi connectivity index (χ1n) is 6.64. The van der Waals surface area contributed by atoms with Crippen molar-refractivity contribution < 1.29 is 9.53 Å². The molecule has 1 amide bonds. The van der Waals surface area contributed by atoms with Crippen LogP contribution in [0.4, 0.5) is 11.4 Å². The average Bonchev–Trinajstić information content (AvgIpc) is 2.89. The molecule has 1 heterocycles. The number of fused-ring (bicyclic) bond motifs is 1. The maximum atomic E-state index is 12.7. The molecule has 4 nitrogen and oxygen atoms in total. The quantitative estimate of drug-likeness (QED) is 0.849. The van der Waals surface area contributed by atoms with E-state index in [0.717, 1.165) is 27.8 Å². The maximum absolute atomic E-state index is 12.7. The van der Waals surface area contributed by atoms with Crippen LogP contribution in [0, 0.1) is 0 Å². The van der Waals surface area contributed by atoms with E-state index >= 15 is 0 Å². The van der Waals surface area contributed by atoms with Gasteiger partial charge in [-0.2, -0.15) is 0 Å². The van der Waals surface area contributed by atoms with Crippen LogP contribution in [0.1, 0.15) is 15.9 Å². The van der Waals surface area contributed by atoms with E-state index < -0.39 is 0 Å². The SMILES string of the molecule is COc1ccc(C(=O)N2CCc3cc(N)ccc32)cc1Br. The molecule has 21 heavy (non-hydrogen) atoms. The lowest BCUT2D eigenvalue weighted by Crippen LogP contribution is -2.28. The molecule has 3 rings (SSSR count). The van der Waals surface area contributed by atoms with Gasteiger partial charge in [0.2, 0.25) is 0 Å². The van der Waals surface area contributed by atoms with Gasteiger partial charge in [-0.1, -0.05) is 0 Å². The number of rotatable bonds is 2. The second-order valence-electron chi connectivity index (χ2n) is 4.94. The Morgan fingerprint density at radius 1 is 1.29 bits per heavy atom. The summed E-state index contributed by atoms with van der Waals surface area (Å²) in [6.07, 6.45) is 0.837. The van der Waals surface area contributed by atoms with Gasteiger partial charge in [-0.05, 0) is 64.3 Å². The fourth-order valence-corrected chi connectivity index (χ4v) is 3.13. The molecule has 0 bridgehead atoms. The zero-order valence-corrected chi connectivity index (χ0v) is 13.2. The van der Waals surface area contributed by atoms with Crippen LogP contribution in [0.3, 0.4) is 0 Å². The minimum absolute atomic E-state index is 0.0122. The highest BCUT2D eigenvalue weighted by Gasteiger charge is 2.25. The normalized spacial score (nSPS) is 13.1. The summed E-state index contributed by atoms with van der Waals surface area (Å²) in [5, 5.41) is 0. The molecule has 108 valence electrons. The monoisotopic (exact) mass is 346 g/mol. The molecule has 0 saturated heterocycles. The molecule has 0 saturated carbocycles. The van der Waals surface area contributed by atoms with E-state index in [2.05, 4.69) is 15.9 Å². The predicted octanol–water partition coefficient (Wildman–Crippen LogP) is 3.24. The molecule has 0 atom stereocenters. The zero-order chi connectivity index (χ0) is 15.0. The number of methoxy groups -OCH3 is 1. The number of nitrogens with two attached hydrogens (primary N) is 1. The van der Waals surface area contributed by atoms with Crippen molar-refractivity contribution in [3.63, 3.8) is 0 Å². The number of nitrogens with zero attached hydrogens (tertiary/aromatic N) is 1. The van der Waals surface area contributed by atoms with Crippen molar-refractivity contribution in [2.45, 2.75) is 6.42 Å². The number of hydrogen-bond acceptors (Lipinski definition) is 3. The third kappa shape index (κ3) is 2.49. The van der Waals surface area contributed by atoms with Crippen molar-refractivity contribution in [3.8, 4) is 5.75 Å². The Labute approximate surface area is 131 Å². The lowest BCUT2D eigenvalue weighted by Gasteiger charge is -2.18. The second kappa shape index (κ2) is 5.41. The average molecular weight is 347 g/mol. The van der Waals surface area contributed by atoms with Gasteiger partial charge in [0.25, 0.3) is 5.91 Å². The summed E-state index contributed by atoms with van der Waals surface area (Å²) in [4.78, 5) is 14.5. The zero-order valence-electron chi connectivity index (χ0n) is 11.6. The fraction of sp³-hybridized carbons (Fsp3) is 0.188. The molecular weight excluding hydrogens is 332 g/mol. The summed E-state index contributed by atoms with van der Waals surface area (Å²) >= 11 is 3.41. The largest absolute Gasteiger partial charge is 0.496 e. The first-order valence-corrected chi connectivity index (χ1v) is 7.43. The Bertz CT molecular complexity index is 715. The number of hydrogen-bond donors (Lipinski definition) is 1. The number of amides is 1. The first-order chi connectivity index (χ1) is 10.1. The number of carbonyl (C=O) groups is 1. The number of ether oxygens (including phenoxy) is 1. The molecule has 0 unspecified atom stereocenters. The highest BCUT2D eigenvalue weighted by atomic mass is 79.9. The molecular formula is C16H15BrN2O2. The van der Waals surface area contributed by atoms with E-state index in [0.29, 0.717) is 17.9 Å². The van der Waals surface area contributed by atoms with Gasteiger partial charge in [0.1, 0.15) is 5.75 Å². The van der Waals surface area contributed by atoms with Gasteiger partial charge < -0.3 is 15.4 Å². The van der Waals surface area contributed by atoms with Gasteiger partial charge in [-0.25, -0.2) is 0 Å². The molecule has 2 aromatic rings. The highest BCUT2D eigenvalue weighted by Crippen LogP contribution is 2.32. The van der Waals surface area contributed by atoms with Gasteiger partial charge in [0.05, 0.1) is 11.6 Å². The van der Waals surface area contributed by atoms with Gasteiger partial charge >= 0.3 is 0 Å². The van der Waals surface area contributed by atoms with E-state index in [1.165, 1.54) is 0 Å². The lowest BCUT2D eigenvalue weighted by atomic mass is 10.1. The third-order valence-corrected chi connectivity index (χ3v) is 4.26. The molecule has 0 fully saturated rings. The van der Waals surface area contributed by atoms with E-state index in [-0.39, 0.29) is 5.91 Å². The van der Waals surface area contributed by atoms with Crippen LogP contribution < -0.4 is 15.4 Å². The first kappa shape index (κ1) is 13.9. The minimum atomic E-state index is -0.0122. The summed E-state index contributed by atoms with van der Waals surface area (Å²) in [6.45, 7) is 0.682. The Morgan fingerprint density at radius 2 is 2.10 bits per heavy atom. The van der Waals surface area contributed by atoms with Crippen molar-refractivity contribution in [2.75, 3.05) is 24.3 Å². The van der Waals surface area contributed by atoms with Crippen molar-refractivity contribution in [2.24, 2.45) is 0 Å². The summed E-state index contributed by atoms with van der Waals surface area (Å²) in [5.41, 5.74) is 9.22. The van der Waals surface area contributed by atoms with Crippen LogP contribution in [0.5, 0.6) is 5.75 Å². The molecule has 0 spiro atoms. The van der Waals surface area contributed by atoms with Crippen LogP contribution in [0.2, 0.25) is 0 Å². The van der Waals surface area contributed by atoms with E-state index in [4.69, 9.17) is 10.5 Å². The molecule has 0 radical (unpaired) electrons. The van der Waals surface area contributed by atoms with Gasteiger partial charge in [0, 0.05) is 23.5 Å². The number of carbonyl (C=O) groups excluding carboxylic acids is 1. The van der Waals surface area contributed by atoms with Crippen LogP contribution in [0.25, 0.3) is 0 Å². The molecule has 1 aliphatic heterocycles. The molecule has 2 aromatic carbocycles. The maximum Gasteiger partial charge on any atom is 0.258 e. The van der Waals surface area contributed by atoms with Crippen LogP contribution in [-0.4, -0.2) is 19.6 Å². The second-order valence-corrected chi connectivity index (χ2v) is 5.80. The van der Waals surface area contributed by atoms with Crippen LogP contribution in [-0.2, 0) is 6.42 Å². The number of halogens is 1. The van der Waals surface area contributed by atoms with Crippen molar-refractivity contribution in [1.82, 2.24) is 0 Å². The van der Waals surface area contributed by atoms with Crippen LogP contribution in [0.15, 0.2) is 40.9 Å². The van der Waals surface area contributed by atoms with E-state index in [1.807, 2.05) is 18.2 Å². The van der Waals surface area contributed by atoms with E-state index in [9.17, 15) is 4.79 Å². The van der Waals surface area contributed by atoms with Gasteiger partial charge in [-0.15, -0.1) is 0 Å². The standard InChI is InChI=1S/C16H15BrN2O2/c1-21-15-5-2-11(9-13(15)17)16(20)19-7-6-10-8-12(18)3-4-14(10)19/h2-5,8-9H,6-7,18H2,1H3. The van der Waals surface area contributed by atoms with Crippen molar-refractivity contribution >= 4 is 33.2 Å². The van der Waals surface area contributed by atoms with Gasteiger partial charge in [0.15, 0.2) is 0 Å². The van der Waals surface area contributed by atoms with Crippen molar-refractivity contribution in [3.05, 3.63) is 52.0 Å². The third-order valence-electron chi connectivity index (χ3n) is 3.64. The fourth-order valence-electron chi connectivity index (χ4n) is 2.59. The number of nitrogen functional groups attached to an aromatic ring is 1. The molecule has 2 N–H and O–H groups in total. The smallest absolute Gasteiger partial charge is 0.258 e. The molecule has 0 aliphatic carbocycles. The van der Waals surface area contributed by atoms with Crippen LogP contribution >= 0.6 is 15.9 Å². The lowest BCUT2D eigenvalue weighted by molar-refractivity contribution is 0.0989. The molecule has 5 heteroatoms. The number of anilines is 2.